The zero-order valence-corrected chi connectivity index (χ0v) is 9.90. The summed E-state index contributed by atoms with van der Waals surface area (Å²) in [5, 5.41) is 7.89. The van der Waals surface area contributed by atoms with Crippen LogP contribution in [0.15, 0.2) is 24.3 Å². The lowest BCUT2D eigenvalue weighted by Gasteiger charge is -2.10. The van der Waals surface area contributed by atoms with Gasteiger partial charge in [0.1, 0.15) is 5.82 Å². The van der Waals surface area contributed by atoms with Gasteiger partial charge in [-0.2, -0.15) is 5.10 Å². The summed E-state index contributed by atoms with van der Waals surface area (Å²) in [6, 6.07) is 8.26. The zero-order chi connectivity index (χ0) is 11.8. The van der Waals surface area contributed by atoms with Crippen LogP contribution in [0, 0.1) is 6.92 Å². The fraction of sp³-hybridized carbons (Fsp3) is 0.308. The summed E-state index contributed by atoms with van der Waals surface area (Å²) in [7, 11) is 0. The zero-order valence-electron chi connectivity index (χ0n) is 9.90. The fourth-order valence-electron chi connectivity index (χ4n) is 2.23. The molecule has 0 radical (unpaired) electrons. The smallest absolute Gasteiger partial charge is 0.130 e. The average Bonchev–Trinajstić information content (AvgIpc) is 2.69. The molecule has 0 amide bonds. The predicted octanol–water partition coefficient (Wildman–Crippen LogP) is 1.41. The summed E-state index contributed by atoms with van der Waals surface area (Å²) >= 11 is 0. The minimum Gasteiger partial charge on any atom is -0.383 e. The van der Waals surface area contributed by atoms with Gasteiger partial charge < -0.3 is 11.1 Å². The molecule has 3 N–H and O–H groups in total. The Morgan fingerprint density at radius 1 is 1.29 bits per heavy atom. The third-order valence-corrected chi connectivity index (χ3v) is 3.23. The maximum atomic E-state index is 6.17. The summed E-state index contributed by atoms with van der Waals surface area (Å²) in [6.45, 7) is 3.88. The van der Waals surface area contributed by atoms with E-state index in [-0.39, 0.29) is 0 Å². The number of aryl methyl sites for hydroxylation is 1. The van der Waals surface area contributed by atoms with Crippen molar-refractivity contribution in [2.45, 2.75) is 19.9 Å². The summed E-state index contributed by atoms with van der Waals surface area (Å²) < 4.78 is 1.84. The Morgan fingerprint density at radius 3 is 2.76 bits per heavy atom. The fourth-order valence-corrected chi connectivity index (χ4v) is 2.23. The number of rotatable bonds is 1. The van der Waals surface area contributed by atoms with E-state index in [9.17, 15) is 0 Å². The van der Waals surface area contributed by atoms with Crippen molar-refractivity contribution in [3.05, 3.63) is 41.1 Å². The van der Waals surface area contributed by atoms with Crippen LogP contribution in [-0.4, -0.2) is 16.3 Å². The van der Waals surface area contributed by atoms with Gasteiger partial charge in [0, 0.05) is 12.1 Å². The number of hydrogen-bond donors (Lipinski definition) is 2. The normalized spacial score (nSPS) is 14.6. The second-order valence-corrected chi connectivity index (χ2v) is 4.48. The number of nitrogen functional groups attached to an aromatic ring is 1. The Morgan fingerprint density at radius 2 is 2.06 bits per heavy atom. The van der Waals surface area contributed by atoms with Crippen molar-refractivity contribution in [3.8, 4) is 5.69 Å². The molecule has 0 bridgehead atoms. The van der Waals surface area contributed by atoms with Crippen LogP contribution in [0.25, 0.3) is 5.69 Å². The highest BCUT2D eigenvalue weighted by Gasteiger charge is 2.18. The molecule has 17 heavy (non-hydrogen) atoms. The Kier molecular flexibility index (Phi) is 2.37. The molecule has 0 atom stereocenters. The predicted molar refractivity (Wildman–Crippen MR) is 68.1 cm³/mol. The highest BCUT2D eigenvalue weighted by Crippen LogP contribution is 2.23. The number of nitrogens with zero attached hydrogens (tertiary/aromatic N) is 2. The first-order valence-corrected chi connectivity index (χ1v) is 5.90. The molecule has 1 aromatic heterocycles. The minimum absolute atomic E-state index is 0.783. The van der Waals surface area contributed by atoms with E-state index in [1.165, 1.54) is 11.1 Å². The highest BCUT2D eigenvalue weighted by molar-refractivity contribution is 5.51. The lowest BCUT2D eigenvalue weighted by atomic mass is 10.1. The molecule has 88 valence electrons. The maximum absolute atomic E-state index is 6.17. The molecule has 1 aliphatic rings. The van der Waals surface area contributed by atoms with Gasteiger partial charge in [0.2, 0.25) is 0 Å². The third-order valence-electron chi connectivity index (χ3n) is 3.23. The Hall–Kier alpha value is -1.81. The molecule has 1 aliphatic heterocycles. The van der Waals surface area contributed by atoms with Gasteiger partial charge in [-0.25, -0.2) is 4.68 Å². The van der Waals surface area contributed by atoms with Crippen molar-refractivity contribution >= 4 is 5.82 Å². The van der Waals surface area contributed by atoms with Crippen LogP contribution in [0.2, 0.25) is 0 Å². The first-order chi connectivity index (χ1) is 8.25. The van der Waals surface area contributed by atoms with Gasteiger partial charge >= 0.3 is 0 Å². The molecular formula is C13H16N4. The minimum atomic E-state index is 0.783. The summed E-state index contributed by atoms with van der Waals surface area (Å²) in [5.41, 5.74) is 10.7. The number of nitrogens with two attached hydrogens (primary N) is 1. The van der Waals surface area contributed by atoms with E-state index in [0.717, 1.165) is 36.7 Å². The Bertz CT molecular complexity index is 539. The van der Waals surface area contributed by atoms with E-state index in [0.29, 0.717) is 0 Å². The average molecular weight is 228 g/mol. The molecule has 0 saturated heterocycles. The lowest BCUT2D eigenvalue weighted by molar-refractivity contribution is 0.629. The number of hydrogen-bond acceptors (Lipinski definition) is 3. The standard InChI is InChI=1S/C13H16N4/c1-9-2-4-10(5-3-9)17-13(14)11-6-7-15-8-12(11)16-17/h2-5,15H,6-8,14H2,1H3. The molecule has 0 saturated carbocycles. The van der Waals surface area contributed by atoms with Crippen LogP contribution in [-0.2, 0) is 13.0 Å². The topological polar surface area (TPSA) is 55.9 Å². The summed E-state index contributed by atoms with van der Waals surface area (Å²) in [5.74, 6) is 0.783. The second-order valence-electron chi connectivity index (χ2n) is 4.48. The van der Waals surface area contributed by atoms with E-state index in [2.05, 4.69) is 41.6 Å². The Labute approximate surface area is 100 Å². The number of anilines is 1. The molecule has 3 rings (SSSR count). The quantitative estimate of drug-likeness (QED) is 0.776. The van der Waals surface area contributed by atoms with Crippen LogP contribution >= 0.6 is 0 Å². The van der Waals surface area contributed by atoms with Crippen LogP contribution in [0.5, 0.6) is 0 Å². The van der Waals surface area contributed by atoms with Gasteiger partial charge in [-0.3, -0.25) is 0 Å². The van der Waals surface area contributed by atoms with Gasteiger partial charge in [0.05, 0.1) is 11.4 Å². The van der Waals surface area contributed by atoms with Crippen LogP contribution in [0.1, 0.15) is 16.8 Å². The summed E-state index contributed by atoms with van der Waals surface area (Å²) in [4.78, 5) is 0. The summed E-state index contributed by atoms with van der Waals surface area (Å²) in [6.07, 6.45) is 0.965. The van der Waals surface area contributed by atoms with Gasteiger partial charge in [-0.1, -0.05) is 17.7 Å². The van der Waals surface area contributed by atoms with Crippen molar-refractivity contribution in [2.75, 3.05) is 12.3 Å². The van der Waals surface area contributed by atoms with E-state index in [4.69, 9.17) is 5.73 Å². The third kappa shape index (κ3) is 1.70. The number of fused-ring (bicyclic) bond motifs is 1. The second kappa shape index (κ2) is 3.89. The molecule has 0 fully saturated rings. The van der Waals surface area contributed by atoms with Gasteiger partial charge in [0.25, 0.3) is 0 Å². The Balaban J connectivity index is 2.09. The molecule has 2 aromatic rings. The molecule has 4 heteroatoms. The van der Waals surface area contributed by atoms with Crippen molar-refractivity contribution in [1.82, 2.24) is 15.1 Å². The van der Waals surface area contributed by atoms with E-state index < -0.39 is 0 Å². The molecule has 2 heterocycles. The number of aromatic nitrogens is 2. The van der Waals surface area contributed by atoms with E-state index >= 15 is 0 Å². The van der Waals surface area contributed by atoms with Crippen molar-refractivity contribution in [1.29, 1.82) is 0 Å². The molecule has 0 spiro atoms. The van der Waals surface area contributed by atoms with Gasteiger partial charge in [-0.05, 0) is 32.0 Å². The molecule has 0 aliphatic carbocycles. The first kappa shape index (κ1) is 10.4. The highest BCUT2D eigenvalue weighted by atomic mass is 15.3. The monoisotopic (exact) mass is 228 g/mol. The van der Waals surface area contributed by atoms with Crippen molar-refractivity contribution in [2.24, 2.45) is 0 Å². The van der Waals surface area contributed by atoms with Crippen molar-refractivity contribution < 1.29 is 0 Å². The maximum Gasteiger partial charge on any atom is 0.130 e. The first-order valence-electron chi connectivity index (χ1n) is 5.90. The van der Waals surface area contributed by atoms with Gasteiger partial charge in [-0.15, -0.1) is 0 Å². The molecule has 4 nitrogen and oxygen atoms in total. The lowest BCUT2D eigenvalue weighted by Crippen LogP contribution is -2.23. The SMILES string of the molecule is Cc1ccc(-n2nc3c(c2N)CCNC3)cc1. The molecule has 1 aromatic carbocycles. The number of benzene rings is 1. The van der Waals surface area contributed by atoms with Crippen LogP contribution in [0.4, 0.5) is 5.82 Å². The van der Waals surface area contributed by atoms with Crippen LogP contribution < -0.4 is 11.1 Å². The van der Waals surface area contributed by atoms with Crippen LogP contribution in [0.3, 0.4) is 0 Å². The van der Waals surface area contributed by atoms with Gasteiger partial charge in [0.15, 0.2) is 0 Å². The van der Waals surface area contributed by atoms with E-state index in [1.807, 2.05) is 4.68 Å². The largest absolute Gasteiger partial charge is 0.383 e. The molecule has 0 unspecified atom stereocenters. The van der Waals surface area contributed by atoms with E-state index in [1.54, 1.807) is 0 Å². The number of nitrogens with one attached hydrogen (secondary N) is 1. The molecular weight excluding hydrogens is 212 g/mol. The van der Waals surface area contributed by atoms with Crippen molar-refractivity contribution in [3.63, 3.8) is 0 Å².